The number of carboxylic acid groups (broad SMARTS) is 1. The van der Waals surface area contributed by atoms with E-state index >= 15 is 0 Å². The molecule has 5 rings (SSSR count). The van der Waals surface area contributed by atoms with E-state index in [1.54, 1.807) is 29.2 Å². The lowest BCUT2D eigenvalue weighted by molar-refractivity contribution is -0.143. The average molecular weight is 586 g/mol. The summed E-state index contributed by atoms with van der Waals surface area (Å²) in [5.41, 5.74) is 2.91. The number of amides is 1. The Labute approximate surface area is 235 Å². The molecular formula is C28H25Cl2N3O5S. The third kappa shape index (κ3) is 5.90. The Morgan fingerprint density at radius 2 is 1.64 bits per heavy atom. The molecule has 1 amide bonds. The van der Waals surface area contributed by atoms with Crippen LogP contribution in [-0.4, -0.2) is 48.0 Å². The molecule has 1 aliphatic rings. The molecular weight excluding hydrogens is 561 g/mol. The number of nitrogens with one attached hydrogen (secondary N) is 1. The number of carboxylic acids is 1. The molecule has 0 aliphatic carbocycles. The summed E-state index contributed by atoms with van der Waals surface area (Å²) >= 11 is 11.9. The molecule has 2 N–H and O–H groups in total. The molecule has 1 saturated heterocycles. The van der Waals surface area contributed by atoms with Crippen LogP contribution in [-0.2, 0) is 21.4 Å². The third-order valence-electron chi connectivity index (χ3n) is 6.91. The molecule has 1 fully saturated rings. The van der Waals surface area contributed by atoms with Crippen molar-refractivity contribution in [3.8, 4) is 0 Å². The molecule has 0 atom stereocenters. The van der Waals surface area contributed by atoms with Crippen LogP contribution < -0.4 is 4.72 Å². The van der Waals surface area contributed by atoms with Gasteiger partial charge in [0.1, 0.15) is 0 Å². The number of piperidine rings is 1. The van der Waals surface area contributed by atoms with Gasteiger partial charge in [-0.05, 0) is 73.0 Å². The lowest BCUT2D eigenvalue weighted by atomic mass is 9.96. The Balaban J connectivity index is 1.26. The van der Waals surface area contributed by atoms with E-state index in [0.717, 1.165) is 16.5 Å². The Kier molecular flexibility index (Phi) is 7.57. The third-order valence-corrected chi connectivity index (χ3v) is 9.03. The number of halogens is 2. The molecule has 0 radical (unpaired) electrons. The molecule has 1 aliphatic heterocycles. The van der Waals surface area contributed by atoms with Crippen molar-refractivity contribution in [3.05, 3.63) is 94.1 Å². The number of rotatable bonds is 7. The fourth-order valence-corrected chi connectivity index (χ4v) is 6.16. The zero-order valence-corrected chi connectivity index (χ0v) is 23.0. The SMILES string of the molecule is O=C(O)C1CCN(C(=O)c2ccc(Cn3ccc4cc(NS(=O)(=O)c5ccc(Cl)c(Cl)c5)ccc43)cc2)CC1. The molecule has 11 heteroatoms. The van der Waals surface area contributed by atoms with Crippen molar-refractivity contribution < 1.29 is 23.1 Å². The number of benzene rings is 3. The van der Waals surface area contributed by atoms with Crippen LogP contribution in [0.25, 0.3) is 10.9 Å². The fourth-order valence-electron chi connectivity index (χ4n) is 4.72. The standard InChI is InChI=1S/C28H25Cl2N3O5S/c29-24-7-6-23(16-25(24)30)39(37,38)31-22-5-8-26-21(15-22)11-14-33(26)17-18-1-3-19(4-2-18)27(34)32-12-9-20(10-13-32)28(35)36/h1-8,11,14-16,20,31H,9-10,12-13,17H2,(H,35,36). The molecule has 202 valence electrons. The molecule has 0 saturated carbocycles. The number of fused-ring (bicyclic) bond motifs is 1. The highest BCUT2D eigenvalue weighted by molar-refractivity contribution is 7.92. The van der Waals surface area contributed by atoms with Crippen LogP contribution in [0.3, 0.4) is 0 Å². The monoisotopic (exact) mass is 585 g/mol. The molecule has 0 spiro atoms. The largest absolute Gasteiger partial charge is 0.481 e. The minimum absolute atomic E-state index is 0.0150. The van der Waals surface area contributed by atoms with E-state index in [4.69, 9.17) is 28.3 Å². The number of nitrogens with zero attached hydrogens (tertiary/aromatic N) is 2. The van der Waals surface area contributed by atoms with Gasteiger partial charge in [-0.1, -0.05) is 35.3 Å². The number of carbonyl (C=O) groups excluding carboxylic acids is 1. The predicted octanol–water partition coefficient (Wildman–Crippen LogP) is 5.73. The second-order valence-electron chi connectivity index (χ2n) is 9.50. The molecule has 3 aromatic carbocycles. The van der Waals surface area contributed by atoms with Crippen LogP contribution in [0.5, 0.6) is 0 Å². The number of carbonyl (C=O) groups is 2. The van der Waals surface area contributed by atoms with Gasteiger partial charge in [-0.15, -0.1) is 0 Å². The Bertz CT molecular complexity index is 1660. The van der Waals surface area contributed by atoms with Gasteiger partial charge < -0.3 is 14.6 Å². The van der Waals surface area contributed by atoms with E-state index in [-0.39, 0.29) is 26.8 Å². The van der Waals surface area contributed by atoms with E-state index in [1.165, 1.54) is 18.2 Å². The highest BCUT2D eigenvalue weighted by Crippen LogP contribution is 2.28. The van der Waals surface area contributed by atoms with E-state index in [1.807, 2.05) is 35.0 Å². The Morgan fingerprint density at radius 3 is 2.31 bits per heavy atom. The average Bonchev–Trinajstić information content (AvgIpc) is 3.31. The van der Waals surface area contributed by atoms with Crippen LogP contribution in [0, 0.1) is 5.92 Å². The number of sulfonamides is 1. The Hall–Kier alpha value is -3.53. The summed E-state index contributed by atoms with van der Waals surface area (Å²) in [6.07, 6.45) is 2.87. The number of hydrogen-bond acceptors (Lipinski definition) is 4. The van der Waals surface area contributed by atoms with Gasteiger partial charge in [-0.25, -0.2) is 8.42 Å². The molecule has 0 unspecified atom stereocenters. The second-order valence-corrected chi connectivity index (χ2v) is 12.0. The van der Waals surface area contributed by atoms with Crippen LogP contribution in [0.4, 0.5) is 5.69 Å². The number of aromatic nitrogens is 1. The van der Waals surface area contributed by atoms with Gasteiger partial charge in [0.15, 0.2) is 0 Å². The summed E-state index contributed by atoms with van der Waals surface area (Å²) in [5.74, 6) is -1.27. The normalized spacial score (nSPS) is 14.5. The van der Waals surface area contributed by atoms with Crippen LogP contribution >= 0.6 is 23.2 Å². The maximum atomic E-state index is 12.8. The maximum Gasteiger partial charge on any atom is 0.306 e. The molecule has 2 heterocycles. The zero-order chi connectivity index (χ0) is 27.7. The van der Waals surface area contributed by atoms with E-state index in [0.29, 0.717) is 43.7 Å². The summed E-state index contributed by atoms with van der Waals surface area (Å²) in [6, 6.07) is 18.8. The van der Waals surface area contributed by atoms with Gasteiger partial charge in [0, 0.05) is 48.0 Å². The fraction of sp³-hybridized carbons (Fsp3) is 0.214. The molecule has 39 heavy (non-hydrogen) atoms. The first-order chi connectivity index (χ1) is 18.6. The van der Waals surface area contributed by atoms with E-state index in [2.05, 4.69) is 4.72 Å². The number of aliphatic carboxylic acids is 1. The highest BCUT2D eigenvalue weighted by Gasteiger charge is 2.27. The van der Waals surface area contributed by atoms with Crippen molar-refractivity contribution in [2.75, 3.05) is 17.8 Å². The minimum Gasteiger partial charge on any atom is -0.481 e. The first-order valence-corrected chi connectivity index (χ1v) is 14.5. The lowest BCUT2D eigenvalue weighted by Gasteiger charge is -2.30. The quantitative estimate of drug-likeness (QED) is 0.288. The first kappa shape index (κ1) is 27.1. The van der Waals surface area contributed by atoms with E-state index in [9.17, 15) is 18.0 Å². The first-order valence-electron chi connectivity index (χ1n) is 12.3. The minimum atomic E-state index is -3.85. The van der Waals surface area contributed by atoms with Crippen molar-refractivity contribution in [2.24, 2.45) is 5.92 Å². The van der Waals surface area contributed by atoms with Gasteiger partial charge in [-0.2, -0.15) is 0 Å². The summed E-state index contributed by atoms with van der Waals surface area (Å²) < 4.78 is 30.2. The summed E-state index contributed by atoms with van der Waals surface area (Å²) in [5, 5.41) is 10.5. The van der Waals surface area contributed by atoms with Gasteiger partial charge in [0.05, 0.1) is 20.9 Å². The van der Waals surface area contributed by atoms with Crippen LogP contribution in [0.1, 0.15) is 28.8 Å². The maximum absolute atomic E-state index is 12.8. The smallest absolute Gasteiger partial charge is 0.306 e. The summed E-state index contributed by atoms with van der Waals surface area (Å²) in [6.45, 7) is 1.45. The number of hydrogen-bond donors (Lipinski definition) is 2. The van der Waals surface area contributed by atoms with Crippen molar-refractivity contribution >= 4 is 61.7 Å². The lowest BCUT2D eigenvalue weighted by Crippen LogP contribution is -2.40. The van der Waals surface area contributed by atoms with Crippen LogP contribution in [0.2, 0.25) is 10.0 Å². The van der Waals surface area contributed by atoms with E-state index < -0.39 is 16.0 Å². The summed E-state index contributed by atoms with van der Waals surface area (Å²) in [4.78, 5) is 25.7. The van der Waals surface area contributed by atoms with Crippen molar-refractivity contribution in [1.29, 1.82) is 0 Å². The van der Waals surface area contributed by atoms with Gasteiger partial charge in [0.2, 0.25) is 0 Å². The summed E-state index contributed by atoms with van der Waals surface area (Å²) in [7, 11) is -3.85. The van der Waals surface area contributed by atoms with Crippen molar-refractivity contribution in [1.82, 2.24) is 9.47 Å². The highest BCUT2D eigenvalue weighted by atomic mass is 35.5. The molecule has 4 aromatic rings. The van der Waals surface area contributed by atoms with Gasteiger partial charge in [0.25, 0.3) is 15.9 Å². The number of anilines is 1. The topological polar surface area (TPSA) is 109 Å². The molecule has 8 nitrogen and oxygen atoms in total. The predicted molar refractivity (Wildman–Crippen MR) is 151 cm³/mol. The van der Waals surface area contributed by atoms with Crippen LogP contribution in [0.15, 0.2) is 77.8 Å². The van der Waals surface area contributed by atoms with Crippen molar-refractivity contribution in [3.63, 3.8) is 0 Å². The van der Waals surface area contributed by atoms with Crippen molar-refractivity contribution in [2.45, 2.75) is 24.3 Å². The van der Waals surface area contributed by atoms with Gasteiger partial charge >= 0.3 is 5.97 Å². The zero-order valence-electron chi connectivity index (χ0n) is 20.7. The molecule has 1 aromatic heterocycles. The Morgan fingerprint density at radius 1 is 0.923 bits per heavy atom. The second kappa shape index (κ2) is 10.9. The number of likely N-dealkylation sites (tertiary alicyclic amines) is 1. The van der Waals surface area contributed by atoms with Gasteiger partial charge in [-0.3, -0.25) is 14.3 Å². The molecule has 0 bridgehead atoms.